The Hall–Kier alpha value is -2.83. The minimum absolute atomic E-state index is 0.174. The van der Waals surface area contributed by atoms with Gasteiger partial charge in [0.25, 0.3) is 0 Å². The molecule has 4 nitrogen and oxygen atoms in total. The fourth-order valence-electron chi connectivity index (χ4n) is 1.99. The lowest BCUT2D eigenvalue weighted by molar-refractivity contribution is -0.296. The third-order valence-corrected chi connectivity index (χ3v) is 2.88. The van der Waals surface area contributed by atoms with Crippen LogP contribution in [0, 0.1) is 6.92 Å². The van der Waals surface area contributed by atoms with Crippen molar-refractivity contribution >= 4 is 12.4 Å². The second-order valence-corrected chi connectivity index (χ2v) is 4.64. The molecule has 0 aromatic heterocycles. The average Bonchev–Trinajstić information content (AvgIpc) is 2.45. The van der Waals surface area contributed by atoms with E-state index in [1.165, 1.54) is 18.2 Å². The van der Waals surface area contributed by atoms with Crippen molar-refractivity contribution in [3.8, 4) is 16.9 Å². The summed E-state index contributed by atoms with van der Waals surface area (Å²) in [6.07, 6.45) is -6.52. The minimum Gasteiger partial charge on any atom is -0.395 e. The standard InChI is InChI=1S/C16H11F3O4/c1-10-3-2-4-11(7-10)14-6-5-13(8-12(14)9-20)22-15(21)23-16(17,18)19/h2-9H,1H3. The molecule has 2 aromatic carbocycles. The van der Waals surface area contributed by atoms with E-state index >= 15 is 0 Å². The molecule has 0 saturated carbocycles. The highest BCUT2D eigenvalue weighted by molar-refractivity contribution is 5.88. The third kappa shape index (κ3) is 4.57. The molecule has 0 amide bonds. The molecule has 0 radical (unpaired) electrons. The average molecular weight is 324 g/mol. The first-order valence-corrected chi connectivity index (χ1v) is 6.42. The second-order valence-electron chi connectivity index (χ2n) is 4.64. The number of aldehydes is 1. The summed E-state index contributed by atoms with van der Waals surface area (Å²) < 4.78 is 43.2. The van der Waals surface area contributed by atoms with Gasteiger partial charge in [0.2, 0.25) is 0 Å². The number of rotatable bonds is 3. The Bertz CT molecular complexity index is 738. The zero-order valence-corrected chi connectivity index (χ0v) is 11.9. The van der Waals surface area contributed by atoms with E-state index in [1.807, 2.05) is 25.1 Å². The number of hydrogen-bond donors (Lipinski definition) is 0. The SMILES string of the molecule is Cc1cccc(-c2ccc(OC(=O)OC(F)(F)F)cc2C=O)c1. The number of aryl methyl sites for hydroxylation is 1. The third-order valence-electron chi connectivity index (χ3n) is 2.88. The van der Waals surface area contributed by atoms with Crippen molar-refractivity contribution in [2.75, 3.05) is 0 Å². The summed E-state index contributed by atoms with van der Waals surface area (Å²) in [5.74, 6) is -0.224. The number of alkyl halides is 3. The Labute approximate surface area is 129 Å². The van der Waals surface area contributed by atoms with Gasteiger partial charge in [-0.25, -0.2) is 4.79 Å². The van der Waals surface area contributed by atoms with Crippen LogP contribution in [-0.4, -0.2) is 18.8 Å². The van der Waals surface area contributed by atoms with Gasteiger partial charge in [0.05, 0.1) is 0 Å². The molecule has 0 heterocycles. The van der Waals surface area contributed by atoms with Crippen LogP contribution in [0.1, 0.15) is 15.9 Å². The molecule has 0 atom stereocenters. The zero-order chi connectivity index (χ0) is 17.0. The van der Waals surface area contributed by atoms with Crippen molar-refractivity contribution < 1.29 is 32.2 Å². The zero-order valence-electron chi connectivity index (χ0n) is 11.9. The lowest BCUT2D eigenvalue weighted by Crippen LogP contribution is -2.22. The summed E-state index contributed by atoms with van der Waals surface area (Å²) in [7, 11) is 0. The number of halogens is 3. The van der Waals surface area contributed by atoms with Crippen molar-refractivity contribution in [3.63, 3.8) is 0 Å². The van der Waals surface area contributed by atoms with E-state index in [-0.39, 0.29) is 11.3 Å². The van der Waals surface area contributed by atoms with Crippen molar-refractivity contribution in [1.29, 1.82) is 0 Å². The molecule has 0 unspecified atom stereocenters. The quantitative estimate of drug-likeness (QED) is 0.473. The maximum absolute atomic E-state index is 11.9. The van der Waals surface area contributed by atoms with Crippen LogP contribution in [0.4, 0.5) is 18.0 Å². The van der Waals surface area contributed by atoms with Gasteiger partial charge in [-0.3, -0.25) is 4.79 Å². The van der Waals surface area contributed by atoms with E-state index in [0.717, 1.165) is 11.1 Å². The second kappa shape index (κ2) is 6.51. The molecule has 23 heavy (non-hydrogen) atoms. The number of hydrogen-bond acceptors (Lipinski definition) is 4. The molecule has 2 aromatic rings. The monoisotopic (exact) mass is 324 g/mol. The summed E-state index contributed by atoms with van der Waals surface area (Å²) in [6, 6.07) is 11.3. The van der Waals surface area contributed by atoms with Crippen LogP contribution in [0.3, 0.4) is 0 Å². The van der Waals surface area contributed by atoms with Crippen molar-refractivity contribution in [2.24, 2.45) is 0 Å². The van der Waals surface area contributed by atoms with Crippen LogP contribution in [0.2, 0.25) is 0 Å². The number of ether oxygens (including phenoxy) is 2. The van der Waals surface area contributed by atoms with E-state index in [0.29, 0.717) is 11.8 Å². The normalized spacial score (nSPS) is 11.0. The molecule has 0 bridgehead atoms. The molecule has 0 aliphatic carbocycles. The number of carbonyl (C=O) groups is 2. The van der Waals surface area contributed by atoms with Crippen LogP contribution in [0.5, 0.6) is 5.75 Å². The smallest absolute Gasteiger partial charge is 0.395 e. The van der Waals surface area contributed by atoms with Crippen LogP contribution < -0.4 is 4.74 Å². The summed E-state index contributed by atoms with van der Waals surface area (Å²) in [6.45, 7) is 1.88. The van der Waals surface area contributed by atoms with Crippen LogP contribution >= 0.6 is 0 Å². The molecule has 0 fully saturated rings. The topological polar surface area (TPSA) is 52.6 Å². The Morgan fingerprint density at radius 1 is 1.13 bits per heavy atom. The molecular formula is C16H11F3O4. The maximum Gasteiger partial charge on any atom is 0.577 e. The molecule has 2 rings (SSSR count). The van der Waals surface area contributed by atoms with Gasteiger partial charge in [-0.2, -0.15) is 0 Å². The molecule has 120 valence electrons. The van der Waals surface area contributed by atoms with Gasteiger partial charge in [-0.05, 0) is 36.2 Å². The predicted octanol–water partition coefficient (Wildman–Crippen LogP) is 4.51. The highest BCUT2D eigenvalue weighted by Crippen LogP contribution is 2.28. The Morgan fingerprint density at radius 2 is 1.87 bits per heavy atom. The maximum atomic E-state index is 11.9. The van der Waals surface area contributed by atoms with Crippen molar-refractivity contribution in [3.05, 3.63) is 53.6 Å². The first kappa shape index (κ1) is 16.5. The lowest BCUT2D eigenvalue weighted by Gasteiger charge is -2.10. The summed E-state index contributed by atoms with van der Waals surface area (Å²) in [4.78, 5) is 22.2. The van der Waals surface area contributed by atoms with Gasteiger partial charge in [-0.1, -0.05) is 29.8 Å². The largest absolute Gasteiger partial charge is 0.577 e. The number of benzene rings is 2. The summed E-state index contributed by atoms with van der Waals surface area (Å²) >= 11 is 0. The van der Waals surface area contributed by atoms with Gasteiger partial charge < -0.3 is 9.47 Å². The van der Waals surface area contributed by atoms with Gasteiger partial charge in [0, 0.05) is 5.56 Å². The van der Waals surface area contributed by atoms with E-state index in [2.05, 4.69) is 9.47 Å². The fourth-order valence-corrected chi connectivity index (χ4v) is 1.99. The van der Waals surface area contributed by atoms with Gasteiger partial charge in [0.1, 0.15) is 5.75 Å². The molecule has 0 N–H and O–H groups in total. The minimum atomic E-state index is -5.13. The Kier molecular flexibility index (Phi) is 4.68. The van der Waals surface area contributed by atoms with E-state index in [1.54, 1.807) is 6.07 Å². The highest BCUT2D eigenvalue weighted by atomic mass is 19.4. The van der Waals surface area contributed by atoms with Gasteiger partial charge >= 0.3 is 12.5 Å². The van der Waals surface area contributed by atoms with E-state index in [9.17, 15) is 22.8 Å². The Balaban J connectivity index is 2.26. The molecule has 0 aliphatic heterocycles. The van der Waals surface area contributed by atoms with Crippen molar-refractivity contribution in [2.45, 2.75) is 13.3 Å². The van der Waals surface area contributed by atoms with Crippen LogP contribution in [0.25, 0.3) is 11.1 Å². The van der Waals surface area contributed by atoms with E-state index < -0.39 is 12.5 Å². The van der Waals surface area contributed by atoms with Crippen LogP contribution in [-0.2, 0) is 4.74 Å². The number of carbonyl (C=O) groups excluding carboxylic acids is 2. The predicted molar refractivity (Wildman–Crippen MR) is 75.2 cm³/mol. The Morgan fingerprint density at radius 3 is 2.48 bits per heavy atom. The summed E-state index contributed by atoms with van der Waals surface area (Å²) in [5.41, 5.74) is 2.48. The molecule has 0 saturated heterocycles. The van der Waals surface area contributed by atoms with Crippen molar-refractivity contribution in [1.82, 2.24) is 0 Å². The molecule has 7 heteroatoms. The molecule has 0 spiro atoms. The van der Waals surface area contributed by atoms with Crippen LogP contribution in [0.15, 0.2) is 42.5 Å². The molecular weight excluding hydrogens is 313 g/mol. The van der Waals surface area contributed by atoms with Gasteiger partial charge in [-0.15, -0.1) is 13.2 Å². The van der Waals surface area contributed by atoms with Gasteiger partial charge in [0.15, 0.2) is 6.29 Å². The highest BCUT2D eigenvalue weighted by Gasteiger charge is 2.35. The first-order chi connectivity index (χ1) is 10.8. The fraction of sp³-hybridized carbons (Fsp3) is 0.125. The van der Waals surface area contributed by atoms with E-state index in [4.69, 9.17) is 0 Å². The summed E-state index contributed by atoms with van der Waals surface area (Å²) in [5, 5.41) is 0. The lowest BCUT2D eigenvalue weighted by atomic mass is 9.99. The molecule has 0 aliphatic rings. The first-order valence-electron chi connectivity index (χ1n) is 6.42.